The molecule has 0 aromatic heterocycles. The summed E-state index contributed by atoms with van der Waals surface area (Å²) in [4.78, 5) is 12.3. The van der Waals surface area contributed by atoms with Crippen molar-refractivity contribution in [3.8, 4) is 0 Å². The van der Waals surface area contributed by atoms with Gasteiger partial charge in [-0.05, 0) is 56.6 Å². The lowest BCUT2D eigenvalue weighted by Crippen LogP contribution is -2.33. The van der Waals surface area contributed by atoms with Gasteiger partial charge in [0.05, 0.1) is 0 Å². The monoisotopic (exact) mass is 278 g/mol. The summed E-state index contributed by atoms with van der Waals surface area (Å²) in [7, 11) is 0. The highest BCUT2D eigenvalue weighted by Crippen LogP contribution is 2.28. The Bertz CT molecular complexity index is 487. The van der Waals surface area contributed by atoms with Crippen LogP contribution in [0.3, 0.4) is 0 Å². The topological polar surface area (TPSA) is 55.1 Å². The molecule has 2 unspecified atom stereocenters. The Hall–Kier alpha value is -1.16. The van der Waals surface area contributed by atoms with Crippen molar-refractivity contribution < 1.29 is 4.79 Å². The highest BCUT2D eigenvalue weighted by atomic mass is 32.2. The zero-order valence-electron chi connectivity index (χ0n) is 11.8. The number of rotatable bonds is 3. The summed E-state index contributed by atoms with van der Waals surface area (Å²) < 4.78 is 0. The molecule has 4 heteroatoms. The zero-order valence-corrected chi connectivity index (χ0v) is 12.6. The molecule has 2 atom stereocenters. The van der Waals surface area contributed by atoms with E-state index in [1.54, 1.807) is 6.07 Å². The second-order valence-corrected chi connectivity index (χ2v) is 6.50. The Kier molecular flexibility index (Phi) is 4.40. The van der Waals surface area contributed by atoms with E-state index in [1.807, 2.05) is 31.7 Å². The maximum Gasteiger partial charge on any atom is 0.251 e. The van der Waals surface area contributed by atoms with E-state index in [9.17, 15) is 4.79 Å². The number of nitrogen functional groups attached to an aromatic ring is 1. The van der Waals surface area contributed by atoms with Gasteiger partial charge in [-0.25, -0.2) is 0 Å². The number of amides is 1. The largest absolute Gasteiger partial charge is 0.398 e. The molecule has 0 saturated heterocycles. The van der Waals surface area contributed by atoms with E-state index in [1.165, 1.54) is 6.42 Å². The maximum absolute atomic E-state index is 12.3. The van der Waals surface area contributed by atoms with Gasteiger partial charge >= 0.3 is 0 Å². The summed E-state index contributed by atoms with van der Waals surface area (Å²) in [5, 5.41) is 3.83. The Morgan fingerprint density at radius 3 is 2.68 bits per heavy atom. The van der Waals surface area contributed by atoms with E-state index in [0.29, 0.717) is 22.5 Å². The second-order valence-electron chi connectivity index (χ2n) is 5.36. The summed E-state index contributed by atoms with van der Waals surface area (Å²) in [6, 6.07) is 4.08. The van der Waals surface area contributed by atoms with Crippen molar-refractivity contribution in [3.05, 3.63) is 28.8 Å². The lowest BCUT2D eigenvalue weighted by atomic mass is 10.0. The van der Waals surface area contributed by atoms with E-state index in [4.69, 9.17) is 5.73 Å². The van der Waals surface area contributed by atoms with Crippen LogP contribution in [0.1, 0.15) is 40.7 Å². The Labute approximate surface area is 119 Å². The maximum atomic E-state index is 12.3. The molecule has 1 aliphatic rings. The number of aryl methyl sites for hydroxylation is 2. The summed E-state index contributed by atoms with van der Waals surface area (Å²) in [5.74, 6) is 0.0101. The quantitative estimate of drug-likeness (QED) is 0.836. The van der Waals surface area contributed by atoms with Gasteiger partial charge in [0, 0.05) is 22.5 Å². The molecule has 0 bridgehead atoms. The number of benzene rings is 1. The van der Waals surface area contributed by atoms with Crippen LogP contribution in [0.5, 0.6) is 0 Å². The van der Waals surface area contributed by atoms with Gasteiger partial charge in [-0.1, -0.05) is 6.07 Å². The molecule has 19 heavy (non-hydrogen) atoms. The van der Waals surface area contributed by atoms with Gasteiger partial charge in [0.2, 0.25) is 0 Å². The number of nitrogens with one attached hydrogen (secondary N) is 1. The van der Waals surface area contributed by atoms with Crippen molar-refractivity contribution in [2.45, 2.75) is 44.4 Å². The number of hydrogen-bond donors (Lipinski definition) is 2. The summed E-state index contributed by atoms with van der Waals surface area (Å²) in [6.45, 7) is 3.92. The van der Waals surface area contributed by atoms with Gasteiger partial charge in [0.25, 0.3) is 5.91 Å². The zero-order chi connectivity index (χ0) is 14.0. The van der Waals surface area contributed by atoms with Gasteiger partial charge in [-0.3, -0.25) is 4.79 Å². The van der Waals surface area contributed by atoms with Crippen LogP contribution in [0, 0.1) is 13.8 Å². The molecule has 1 aliphatic carbocycles. The molecule has 3 nitrogen and oxygen atoms in total. The van der Waals surface area contributed by atoms with E-state index >= 15 is 0 Å². The minimum atomic E-state index is 0.0101. The molecule has 0 spiro atoms. The Morgan fingerprint density at radius 1 is 1.32 bits per heavy atom. The third kappa shape index (κ3) is 3.24. The third-order valence-electron chi connectivity index (χ3n) is 3.91. The Morgan fingerprint density at radius 2 is 2.05 bits per heavy atom. The third-order valence-corrected chi connectivity index (χ3v) is 5.01. The van der Waals surface area contributed by atoms with Crippen LogP contribution in [0.4, 0.5) is 5.69 Å². The predicted octanol–water partition coefficient (Wildman–Crippen LogP) is 2.90. The van der Waals surface area contributed by atoms with E-state index in [-0.39, 0.29) is 5.91 Å². The minimum Gasteiger partial charge on any atom is -0.398 e. The van der Waals surface area contributed by atoms with Gasteiger partial charge < -0.3 is 11.1 Å². The van der Waals surface area contributed by atoms with Crippen LogP contribution in [0.2, 0.25) is 0 Å². The molecule has 3 N–H and O–H groups in total. The smallest absolute Gasteiger partial charge is 0.251 e. The van der Waals surface area contributed by atoms with Gasteiger partial charge in [0.1, 0.15) is 0 Å². The van der Waals surface area contributed by atoms with Crippen molar-refractivity contribution in [1.82, 2.24) is 5.32 Å². The van der Waals surface area contributed by atoms with E-state index in [0.717, 1.165) is 24.0 Å². The number of anilines is 1. The van der Waals surface area contributed by atoms with Gasteiger partial charge in [-0.2, -0.15) is 11.8 Å². The van der Waals surface area contributed by atoms with Crippen LogP contribution in [-0.2, 0) is 0 Å². The first kappa shape index (κ1) is 14.3. The first-order valence-electron chi connectivity index (χ1n) is 6.71. The number of carbonyl (C=O) groups excluding carboxylic acids is 1. The fourth-order valence-electron chi connectivity index (χ4n) is 2.66. The lowest BCUT2D eigenvalue weighted by molar-refractivity contribution is 0.0937. The number of thioether (sulfide) groups is 1. The fraction of sp³-hybridized carbons (Fsp3) is 0.533. The molecule has 104 valence electrons. The SMILES string of the molecule is CSC1CCC(NC(=O)c2cc(N)c(C)cc2C)C1. The van der Waals surface area contributed by atoms with Crippen molar-refractivity contribution >= 4 is 23.4 Å². The van der Waals surface area contributed by atoms with Crippen LogP contribution in [-0.4, -0.2) is 23.5 Å². The van der Waals surface area contributed by atoms with Crippen LogP contribution in [0.15, 0.2) is 12.1 Å². The standard InChI is InChI=1S/C15H22N2OS/c1-9-6-10(2)14(16)8-13(9)15(18)17-11-4-5-12(7-11)19-3/h6,8,11-12H,4-5,7,16H2,1-3H3,(H,17,18). The minimum absolute atomic E-state index is 0.0101. The highest BCUT2D eigenvalue weighted by Gasteiger charge is 2.25. The molecule has 1 aromatic rings. The Balaban J connectivity index is 2.06. The summed E-state index contributed by atoms with van der Waals surface area (Å²) >= 11 is 1.90. The van der Waals surface area contributed by atoms with Crippen LogP contribution < -0.4 is 11.1 Å². The molecule has 1 fully saturated rings. The first-order valence-corrected chi connectivity index (χ1v) is 8.00. The summed E-state index contributed by atoms with van der Waals surface area (Å²) in [6.07, 6.45) is 5.49. The highest BCUT2D eigenvalue weighted by molar-refractivity contribution is 7.99. The molecule has 2 rings (SSSR count). The van der Waals surface area contributed by atoms with E-state index in [2.05, 4.69) is 11.6 Å². The number of nitrogens with two attached hydrogens (primary N) is 1. The molecule has 1 aromatic carbocycles. The first-order chi connectivity index (χ1) is 9.01. The number of carbonyl (C=O) groups is 1. The second kappa shape index (κ2) is 5.87. The molecule has 0 heterocycles. The lowest BCUT2D eigenvalue weighted by Gasteiger charge is -2.15. The van der Waals surface area contributed by atoms with Crippen molar-refractivity contribution in [2.75, 3.05) is 12.0 Å². The fourth-order valence-corrected chi connectivity index (χ4v) is 3.46. The molecule has 1 amide bonds. The average molecular weight is 278 g/mol. The van der Waals surface area contributed by atoms with Crippen molar-refractivity contribution in [3.63, 3.8) is 0 Å². The van der Waals surface area contributed by atoms with Gasteiger partial charge in [-0.15, -0.1) is 0 Å². The predicted molar refractivity (Wildman–Crippen MR) is 82.7 cm³/mol. The molecular weight excluding hydrogens is 256 g/mol. The van der Waals surface area contributed by atoms with Crippen LogP contribution in [0.25, 0.3) is 0 Å². The molecule has 0 radical (unpaired) electrons. The van der Waals surface area contributed by atoms with Crippen molar-refractivity contribution in [1.29, 1.82) is 0 Å². The molecule has 0 aliphatic heterocycles. The molecule has 1 saturated carbocycles. The molecular formula is C15H22N2OS. The average Bonchev–Trinajstić information content (AvgIpc) is 2.81. The van der Waals surface area contributed by atoms with Crippen molar-refractivity contribution in [2.24, 2.45) is 0 Å². The summed E-state index contributed by atoms with van der Waals surface area (Å²) in [5.41, 5.74) is 9.30. The van der Waals surface area contributed by atoms with Gasteiger partial charge in [0.15, 0.2) is 0 Å². The van der Waals surface area contributed by atoms with E-state index < -0.39 is 0 Å². The normalized spacial score (nSPS) is 22.5. The number of hydrogen-bond acceptors (Lipinski definition) is 3. The van der Waals surface area contributed by atoms with Crippen LogP contribution >= 0.6 is 11.8 Å².